The van der Waals surface area contributed by atoms with E-state index in [-0.39, 0.29) is 0 Å². The molecule has 0 aliphatic heterocycles. The van der Waals surface area contributed by atoms with Crippen LogP contribution in [0.25, 0.3) is 11.1 Å². The van der Waals surface area contributed by atoms with Gasteiger partial charge in [-0.15, -0.1) is 0 Å². The molecule has 5 heteroatoms. The average molecular weight is 379 g/mol. The van der Waals surface area contributed by atoms with Crippen LogP contribution in [-0.4, -0.2) is 20.5 Å². The van der Waals surface area contributed by atoms with E-state index in [1.165, 1.54) is 0 Å². The van der Waals surface area contributed by atoms with E-state index in [1.54, 1.807) is 12.1 Å². The summed E-state index contributed by atoms with van der Waals surface area (Å²) in [6.45, 7) is 2.11. The summed E-state index contributed by atoms with van der Waals surface area (Å²) < 4.78 is 12.7. The highest BCUT2D eigenvalue weighted by Gasteiger charge is 2.25. The highest BCUT2D eigenvalue weighted by atomic mass is 35.5. The topological polar surface area (TPSA) is 54.4 Å². The fraction of sp³-hybridized carbons (Fsp3) is 0.350. The lowest BCUT2D eigenvalue weighted by Crippen LogP contribution is -2.25. The van der Waals surface area contributed by atoms with Crippen LogP contribution in [0.4, 0.5) is 0 Å². The lowest BCUT2D eigenvalue weighted by Gasteiger charge is -2.12. The van der Waals surface area contributed by atoms with Gasteiger partial charge in [0, 0.05) is 9.92 Å². The van der Waals surface area contributed by atoms with Gasteiger partial charge in [0.15, 0.2) is 0 Å². The van der Waals surface area contributed by atoms with E-state index in [9.17, 15) is 14.1 Å². The monoisotopic (exact) mass is 378 g/mol. The molecule has 0 amide bonds. The molecular formula is C20H23ClO3S. The molecule has 25 heavy (non-hydrogen) atoms. The number of carboxylic acid groups (broad SMARTS) is 1. The number of halogens is 1. The Morgan fingerprint density at radius 3 is 2.08 bits per heavy atom. The van der Waals surface area contributed by atoms with Gasteiger partial charge in [-0.25, -0.2) is 0 Å². The van der Waals surface area contributed by atoms with Gasteiger partial charge in [0.2, 0.25) is 0 Å². The van der Waals surface area contributed by atoms with Gasteiger partial charge >= 0.3 is 5.97 Å². The molecule has 0 aromatic heterocycles. The molecule has 2 atom stereocenters. The van der Waals surface area contributed by atoms with E-state index in [2.05, 4.69) is 6.92 Å². The number of carboxylic acids is 1. The van der Waals surface area contributed by atoms with Crippen LogP contribution in [0.1, 0.15) is 39.0 Å². The molecule has 0 spiro atoms. The summed E-state index contributed by atoms with van der Waals surface area (Å²) in [7, 11) is -1.55. The zero-order valence-electron chi connectivity index (χ0n) is 14.3. The van der Waals surface area contributed by atoms with E-state index in [1.807, 2.05) is 36.4 Å². The minimum atomic E-state index is -1.55. The maximum atomic E-state index is 12.7. The number of benzene rings is 2. The SMILES string of the molecule is CCCCCCC(C(=O)O)S(=O)c1ccc(-c2ccc(Cl)cc2)cc1. The molecule has 0 radical (unpaired) electrons. The maximum Gasteiger partial charge on any atom is 0.319 e. The summed E-state index contributed by atoms with van der Waals surface area (Å²) in [5.41, 5.74) is 1.99. The predicted octanol–water partition coefficient (Wildman–Crippen LogP) is 5.54. The summed E-state index contributed by atoms with van der Waals surface area (Å²) in [5, 5.41) is 9.24. The highest BCUT2D eigenvalue weighted by molar-refractivity contribution is 7.86. The first-order chi connectivity index (χ1) is 12.0. The maximum absolute atomic E-state index is 12.7. The molecule has 0 aliphatic carbocycles. The first-order valence-corrected chi connectivity index (χ1v) is 10.1. The predicted molar refractivity (Wildman–Crippen MR) is 103 cm³/mol. The summed E-state index contributed by atoms with van der Waals surface area (Å²) in [6.07, 6.45) is 4.38. The van der Waals surface area contributed by atoms with Crippen molar-refractivity contribution < 1.29 is 14.1 Å². The third-order valence-electron chi connectivity index (χ3n) is 4.12. The van der Waals surface area contributed by atoms with Gasteiger partial charge in [-0.05, 0) is 41.8 Å². The molecule has 1 N–H and O–H groups in total. The second-order valence-electron chi connectivity index (χ2n) is 6.00. The standard InChI is InChI=1S/C20H23ClO3S/c1-2-3-4-5-6-19(20(22)23)25(24)18-13-9-16(10-14-18)15-7-11-17(21)12-8-15/h7-14,19H,2-6H2,1H3,(H,22,23). The van der Waals surface area contributed by atoms with Gasteiger partial charge in [-0.2, -0.15) is 0 Å². The minimum Gasteiger partial charge on any atom is -0.480 e. The molecule has 0 saturated carbocycles. The van der Waals surface area contributed by atoms with Crippen LogP contribution in [0.5, 0.6) is 0 Å². The van der Waals surface area contributed by atoms with Gasteiger partial charge in [0.25, 0.3) is 0 Å². The molecule has 2 rings (SSSR count). The largest absolute Gasteiger partial charge is 0.480 e. The Morgan fingerprint density at radius 1 is 1.00 bits per heavy atom. The number of carbonyl (C=O) groups is 1. The minimum absolute atomic E-state index is 0.445. The summed E-state index contributed by atoms with van der Waals surface area (Å²) in [6, 6.07) is 14.7. The van der Waals surface area contributed by atoms with Crippen LogP contribution in [0, 0.1) is 0 Å². The summed E-state index contributed by atoms with van der Waals surface area (Å²) in [5.74, 6) is -0.989. The Hall–Kier alpha value is -1.65. The van der Waals surface area contributed by atoms with Crippen molar-refractivity contribution in [2.75, 3.05) is 0 Å². The fourth-order valence-corrected chi connectivity index (χ4v) is 4.09. The van der Waals surface area contributed by atoms with E-state index in [0.29, 0.717) is 16.3 Å². The summed E-state index contributed by atoms with van der Waals surface area (Å²) in [4.78, 5) is 12.0. The second kappa shape index (κ2) is 9.73. The zero-order valence-corrected chi connectivity index (χ0v) is 15.9. The molecule has 2 unspecified atom stereocenters. The Balaban J connectivity index is 2.09. The quantitative estimate of drug-likeness (QED) is 0.583. The lowest BCUT2D eigenvalue weighted by atomic mass is 10.1. The number of rotatable bonds is 9. The number of hydrogen-bond acceptors (Lipinski definition) is 2. The van der Waals surface area contributed by atoms with Crippen LogP contribution in [-0.2, 0) is 15.6 Å². The van der Waals surface area contributed by atoms with E-state index in [4.69, 9.17) is 11.6 Å². The molecule has 2 aromatic rings. The summed E-state index contributed by atoms with van der Waals surface area (Å²) >= 11 is 5.90. The van der Waals surface area contributed by atoms with Crippen molar-refractivity contribution in [1.82, 2.24) is 0 Å². The third kappa shape index (κ3) is 5.68. The highest BCUT2D eigenvalue weighted by Crippen LogP contribution is 2.24. The van der Waals surface area contributed by atoms with E-state index < -0.39 is 22.0 Å². The van der Waals surface area contributed by atoms with Crippen molar-refractivity contribution in [1.29, 1.82) is 0 Å². The van der Waals surface area contributed by atoms with Crippen molar-refractivity contribution >= 4 is 28.4 Å². The van der Waals surface area contributed by atoms with E-state index in [0.717, 1.165) is 36.8 Å². The van der Waals surface area contributed by atoms with Crippen LogP contribution >= 0.6 is 11.6 Å². The Morgan fingerprint density at radius 2 is 1.56 bits per heavy atom. The third-order valence-corrected chi connectivity index (χ3v) is 6.06. The number of unbranched alkanes of at least 4 members (excludes halogenated alkanes) is 3. The van der Waals surface area contributed by atoms with Crippen molar-refractivity contribution in [3.8, 4) is 11.1 Å². The molecule has 134 valence electrons. The number of hydrogen-bond donors (Lipinski definition) is 1. The molecule has 3 nitrogen and oxygen atoms in total. The smallest absolute Gasteiger partial charge is 0.319 e. The molecule has 0 heterocycles. The van der Waals surface area contributed by atoms with Gasteiger partial charge < -0.3 is 5.11 Å². The Labute approximate surface area is 156 Å². The van der Waals surface area contributed by atoms with Crippen molar-refractivity contribution in [2.24, 2.45) is 0 Å². The first-order valence-electron chi connectivity index (χ1n) is 8.52. The van der Waals surface area contributed by atoms with Crippen molar-refractivity contribution in [2.45, 2.75) is 49.2 Å². The van der Waals surface area contributed by atoms with Crippen LogP contribution in [0.2, 0.25) is 5.02 Å². The first kappa shape index (κ1) is 19.7. The van der Waals surface area contributed by atoms with Gasteiger partial charge in [-0.3, -0.25) is 9.00 Å². The van der Waals surface area contributed by atoms with Crippen LogP contribution in [0.15, 0.2) is 53.4 Å². The normalized spacial score (nSPS) is 13.4. The second-order valence-corrected chi connectivity index (χ2v) is 8.08. The average Bonchev–Trinajstić information content (AvgIpc) is 2.62. The molecule has 0 aliphatic rings. The van der Waals surface area contributed by atoms with Gasteiger partial charge in [-0.1, -0.05) is 68.5 Å². The molecule has 0 saturated heterocycles. The van der Waals surface area contributed by atoms with Crippen LogP contribution < -0.4 is 0 Å². The van der Waals surface area contributed by atoms with E-state index >= 15 is 0 Å². The van der Waals surface area contributed by atoms with Gasteiger partial charge in [0.1, 0.15) is 5.25 Å². The molecule has 2 aromatic carbocycles. The lowest BCUT2D eigenvalue weighted by molar-refractivity contribution is -0.136. The van der Waals surface area contributed by atoms with Crippen molar-refractivity contribution in [3.63, 3.8) is 0 Å². The fourth-order valence-electron chi connectivity index (χ4n) is 2.67. The molecular weight excluding hydrogens is 356 g/mol. The Bertz CT molecular complexity index is 711. The molecule has 0 fully saturated rings. The molecule has 0 bridgehead atoms. The Kier molecular flexibility index (Phi) is 7.66. The van der Waals surface area contributed by atoms with Gasteiger partial charge in [0.05, 0.1) is 10.8 Å². The zero-order chi connectivity index (χ0) is 18.2. The number of aliphatic carboxylic acids is 1. The van der Waals surface area contributed by atoms with Crippen molar-refractivity contribution in [3.05, 3.63) is 53.6 Å². The van der Waals surface area contributed by atoms with Crippen LogP contribution in [0.3, 0.4) is 0 Å².